The second kappa shape index (κ2) is 7.31. The fourth-order valence-electron chi connectivity index (χ4n) is 2.34. The average molecular weight is 372 g/mol. The number of hydrogen-bond acceptors (Lipinski definition) is 4. The fourth-order valence-corrected chi connectivity index (χ4v) is 3.75. The largest absolute Gasteiger partial charge is 0.465 e. The highest BCUT2D eigenvalue weighted by atomic mass is 79.9. The van der Waals surface area contributed by atoms with Gasteiger partial charge in [0.15, 0.2) is 0 Å². The standard InChI is InChI=1S/C15H18BrNO3S/c1-3-7-17-12-6-5-10(16)8-11(12)14(15(17)19)21-9-13(18)20-4-2/h5-6,8,14H,3-4,7,9H2,1-2H3. The molecule has 0 aliphatic carbocycles. The first kappa shape index (κ1) is 16.4. The molecule has 1 aliphatic rings. The van der Waals surface area contributed by atoms with E-state index in [-0.39, 0.29) is 22.9 Å². The lowest BCUT2D eigenvalue weighted by Crippen LogP contribution is -2.29. The van der Waals surface area contributed by atoms with Gasteiger partial charge in [-0.05, 0) is 37.1 Å². The lowest BCUT2D eigenvalue weighted by molar-refractivity contribution is -0.139. The summed E-state index contributed by atoms with van der Waals surface area (Å²) in [6.45, 7) is 4.88. The monoisotopic (exact) mass is 371 g/mol. The van der Waals surface area contributed by atoms with Crippen LogP contribution in [0.1, 0.15) is 31.1 Å². The molecule has 2 rings (SSSR count). The topological polar surface area (TPSA) is 46.6 Å². The molecule has 1 aromatic carbocycles. The van der Waals surface area contributed by atoms with Gasteiger partial charge in [-0.3, -0.25) is 9.59 Å². The third kappa shape index (κ3) is 3.61. The average Bonchev–Trinajstić information content (AvgIpc) is 2.70. The van der Waals surface area contributed by atoms with Crippen molar-refractivity contribution in [2.45, 2.75) is 25.5 Å². The smallest absolute Gasteiger partial charge is 0.315 e. The van der Waals surface area contributed by atoms with Gasteiger partial charge in [-0.2, -0.15) is 0 Å². The molecule has 0 N–H and O–H groups in total. The highest BCUT2D eigenvalue weighted by molar-refractivity contribution is 9.10. The van der Waals surface area contributed by atoms with Crippen LogP contribution in [0.2, 0.25) is 0 Å². The number of esters is 1. The number of carbonyl (C=O) groups is 2. The first-order chi connectivity index (χ1) is 10.1. The maximum atomic E-state index is 12.6. The van der Waals surface area contributed by atoms with Crippen molar-refractivity contribution in [1.29, 1.82) is 0 Å². The zero-order valence-electron chi connectivity index (χ0n) is 12.1. The molecule has 4 nitrogen and oxygen atoms in total. The molecule has 0 fully saturated rings. The Bertz CT molecular complexity index is 550. The van der Waals surface area contributed by atoms with Crippen molar-refractivity contribution in [3.05, 3.63) is 28.2 Å². The van der Waals surface area contributed by atoms with Crippen LogP contribution >= 0.6 is 27.7 Å². The summed E-state index contributed by atoms with van der Waals surface area (Å²) in [6, 6.07) is 5.86. The second-order valence-corrected chi connectivity index (χ2v) is 6.70. The molecule has 114 valence electrons. The Morgan fingerprint density at radius 1 is 1.43 bits per heavy atom. The minimum absolute atomic E-state index is 0.0549. The van der Waals surface area contributed by atoms with Crippen LogP contribution in [-0.4, -0.2) is 30.8 Å². The highest BCUT2D eigenvalue weighted by Gasteiger charge is 2.37. The minimum Gasteiger partial charge on any atom is -0.465 e. The SMILES string of the molecule is CCCN1C(=O)C(SCC(=O)OCC)c2cc(Br)ccc21. The molecule has 1 aliphatic heterocycles. The molecular formula is C15H18BrNO3S. The molecule has 6 heteroatoms. The van der Waals surface area contributed by atoms with Crippen LogP contribution in [0.5, 0.6) is 0 Å². The van der Waals surface area contributed by atoms with Crippen molar-refractivity contribution in [1.82, 2.24) is 0 Å². The predicted octanol–water partition coefficient (Wildman–Crippen LogP) is 3.54. The van der Waals surface area contributed by atoms with Crippen LogP contribution < -0.4 is 4.90 Å². The lowest BCUT2D eigenvalue weighted by atomic mass is 10.1. The van der Waals surface area contributed by atoms with Crippen molar-refractivity contribution in [2.24, 2.45) is 0 Å². The number of anilines is 1. The number of amides is 1. The summed E-state index contributed by atoms with van der Waals surface area (Å²) in [6.07, 6.45) is 0.899. The van der Waals surface area contributed by atoms with E-state index in [0.717, 1.165) is 22.1 Å². The third-order valence-corrected chi connectivity index (χ3v) is 4.86. The molecule has 0 aromatic heterocycles. The number of carbonyl (C=O) groups excluding carboxylic acids is 2. The predicted molar refractivity (Wildman–Crippen MR) is 88.6 cm³/mol. The van der Waals surface area contributed by atoms with E-state index in [2.05, 4.69) is 15.9 Å². The lowest BCUT2D eigenvalue weighted by Gasteiger charge is -2.16. The molecule has 1 aromatic rings. The number of nitrogens with zero attached hydrogens (tertiary/aromatic N) is 1. The molecule has 1 unspecified atom stereocenters. The summed E-state index contributed by atoms with van der Waals surface area (Å²) in [4.78, 5) is 25.9. The van der Waals surface area contributed by atoms with E-state index < -0.39 is 0 Å². The zero-order chi connectivity index (χ0) is 15.4. The second-order valence-electron chi connectivity index (χ2n) is 4.69. The van der Waals surface area contributed by atoms with Crippen LogP contribution in [-0.2, 0) is 14.3 Å². The van der Waals surface area contributed by atoms with Gasteiger partial charge in [0.25, 0.3) is 0 Å². The summed E-state index contributed by atoms with van der Waals surface area (Å²) in [7, 11) is 0. The normalized spacial score (nSPS) is 17.0. The first-order valence-corrected chi connectivity index (χ1v) is 8.80. The molecule has 0 spiro atoms. The van der Waals surface area contributed by atoms with E-state index in [1.54, 1.807) is 6.92 Å². The Labute approximate surface area is 137 Å². The molecule has 0 bridgehead atoms. The maximum Gasteiger partial charge on any atom is 0.315 e. The van der Waals surface area contributed by atoms with E-state index >= 15 is 0 Å². The van der Waals surface area contributed by atoms with Gasteiger partial charge in [-0.1, -0.05) is 22.9 Å². The van der Waals surface area contributed by atoms with Crippen molar-refractivity contribution in [3.8, 4) is 0 Å². The van der Waals surface area contributed by atoms with Crippen LogP contribution in [0.3, 0.4) is 0 Å². The quantitative estimate of drug-likeness (QED) is 0.717. The van der Waals surface area contributed by atoms with Gasteiger partial charge in [0.05, 0.1) is 12.4 Å². The number of ether oxygens (including phenoxy) is 1. The van der Waals surface area contributed by atoms with Gasteiger partial charge in [-0.25, -0.2) is 0 Å². The summed E-state index contributed by atoms with van der Waals surface area (Å²) in [5, 5.41) is -0.326. The van der Waals surface area contributed by atoms with Gasteiger partial charge in [0, 0.05) is 16.7 Å². The van der Waals surface area contributed by atoms with Crippen LogP contribution in [0.4, 0.5) is 5.69 Å². The molecule has 21 heavy (non-hydrogen) atoms. The Morgan fingerprint density at radius 3 is 2.86 bits per heavy atom. The Balaban J connectivity index is 2.20. The van der Waals surface area contributed by atoms with Crippen LogP contribution in [0.25, 0.3) is 0 Å². The van der Waals surface area contributed by atoms with Gasteiger partial charge in [0.2, 0.25) is 5.91 Å². The molecule has 1 amide bonds. The maximum absolute atomic E-state index is 12.6. The number of rotatable bonds is 6. The minimum atomic E-state index is -0.326. The first-order valence-electron chi connectivity index (χ1n) is 6.96. The number of benzene rings is 1. The number of fused-ring (bicyclic) bond motifs is 1. The highest BCUT2D eigenvalue weighted by Crippen LogP contribution is 2.44. The molecule has 0 radical (unpaired) electrons. The van der Waals surface area contributed by atoms with Gasteiger partial charge >= 0.3 is 5.97 Å². The third-order valence-electron chi connectivity index (χ3n) is 3.17. The van der Waals surface area contributed by atoms with Gasteiger partial charge in [-0.15, -0.1) is 11.8 Å². The number of thioether (sulfide) groups is 1. The molecule has 1 heterocycles. The molecule has 1 atom stereocenters. The van der Waals surface area contributed by atoms with Crippen molar-refractivity contribution in [2.75, 3.05) is 23.8 Å². The summed E-state index contributed by atoms with van der Waals surface area (Å²) >= 11 is 4.78. The van der Waals surface area contributed by atoms with Gasteiger partial charge in [0.1, 0.15) is 5.25 Å². The summed E-state index contributed by atoms with van der Waals surface area (Å²) in [5.74, 6) is -0.0315. The van der Waals surface area contributed by atoms with Gasteiger partial charge < -0.3 is 9.64 Å². The fraction of sp³-hybridized carbons (Fsp3) is 0.467. The van der Waals surface area contributed by atoms with E-state index in [1.807, 2.05) is 30.0 Å². The van der Waals surface area contributed by atoms with Crippen molar-refractivity contribution < 1.29 is 14.3 Å². The summed E-state index contributed by atoms with van der Waals surface area (Å²) < 4.78 is 5.87. The van der Waals surface area contributed by atoms with Crippen LogP contribution in [0, 0.1) is 0 Å². The van der Waals surface area contributed by atoms with E-state index in [4.69, 9.17) is 4.74 Å². The Morgan fingerprint density at radius 2 is 2.19 bits per heavy atom. The van der Waals surface area contributed by atoms with E-state index in [0.29, 0.717) is 13.2 Å². The molecular weight excluding hydrogens is 354 g/mol. The van der Waals surface area contributed by atoms with Crippen LogP contribution in [0.15, 0.2) is 22.7 Å². The van der Waals surface area contributed by atoms with Crippen molar-refractivity contribution >= 4 is 45.3 Å². The Hall–Kier alpha value is -1.01. The van der Waals surface area contributed by atoms with E-state index in [9.17, 15) is 9.59 Å². The Kier molecular flexibility index (Phi) is 5.70. The zero-order valence-corrected chi connectivity index (χ0v) is 14.5. The van der Waals surface area contributed by atoms with E-state index in [1.165, 1.54) is 11.8 Å². The summed E-state index contributed by atoms with van der Waals surface area (Å²) in [5.41, 5.74) is 1.92. The molecule has 0 saturated carbocycles. The van der Waals surface area contributed by atoms with Crippen molar-refractivity contribution in [3.63, 3.8) is 0 Å². The number of halogens is 1. The number of hydrogen-bond donors (Lipinski definition) is 0. The molecule has 0 saturated heterocycles.